The average Bonchev–Trinajstić information content (AvgIpc) is 3.03. The molecule has 1 aliphatic rings. The average molecular weight is 248 g/mol. The van der Waals surface area contributed by atoms with E-state index in [0.29, 0.717) is 5.41 Å². The van der Waals surface area contributed by atoms with Crippen molar-refractivity contribution in [3.8, 4) is 0 Å². The molecule has 1 aliphatic carbocycles. The molecule has 1 aromatic rings. The molecule has 0 atom stereocenters. The van der Waals surface area contributed by atoms with Crippen LogP contribution in [0.3, 0.4) is 0 Å². The van der Waals surface area contributed by atoms with Gasteiger partial charge in [0.2, 0.25) is 0 Å². The summed E-state index contributed by atoms with van der Waals surface area (Å²) in [5.74, 6) is 0. The van der Waals surface area contributed by atoms with Gasteiger partial charge in [-0.05, 0) is 57.1 Å². The Morgan fingerprint density at radius 3 is 2.50 bits per heavy atom. The third kappa shape index (κ3) is 2.80. The van der Waals surface area contributed by atoms with Crippen LogP contribution in [-0.2, 0) is 13.1 Å². The first-order valence-electron chi connectivity index (χ1n) is 7.48. The Morgan fingerprint density at radius 1 is 1.28 bits per heavy atom. The van der Waals surface area contributed by atoms with E-state index in [9.17, 15) is 0 Å². The Bertz CT molecular complexity index is 399. The minimum Gasteiger partial charge on any atom is -0.349 e. The summed E-state index contributed by atoms with van der Waals surface area (Å²) >= 11 is 0. The van der Waals surface area contributed by atoms with Crippen molar-refractivity contribution in [2.24, 2.45) is 5.41 Å². The molecular weight excluding hydrogens is 220 g/mol. The van der Waals surface area contributed by atoms with Gasteiger partial charge in [-0.25, -0.2) is 0 Å². The van der Waals surface area contributed by atoms with Gasteiger partial charge in [-0.3, -0.25) is 0 Å². The molecule has 18 heavy (non-hydrogen) atoms. The molecule has 1 fully saturated rings. The van der Waals surface area contributed by atoms with E-state index < -0.39 is 0 Å². The smallest absolute Gasteiger partial charge is 0.0223 e. The summed E-state index contributed by atoms with van der Waals surface area (Å²) in [6, 6.07) is 2.34. The molecule has 1 aromatic heterocycles. The van der Waals surface area contributed by atoms with Crippen LogP contribution >= 0.6 is 0 Å². The van der Waals surface area contributed by atoms with Crippen LogP contribution in [0.25, 0.3) is 0 Å². The third-order valence-corrected chi connectivity index (χ3v) is 4.55. The summed E-state index contributed by atoms with van der Waals surface area (Å²) in [5, 5.41) is 3.68. The van der Waals surface area contributed by atoms with Crippen LogP contribution in [0.5, 0.6) is 0 Å². The van der Waals surface area contributed by atoms with E-state index in [0.717, 1.165) is 13.1 Å². The first-order valence-corrected chi connectivity index (χ1v) is 7.48. The largest absolute Gasteiger partial charge is 0.349 e. The van der Waals surface area contributed by atoms with E-state index in [-0.39, 0.29) is 0 Å². The van der Waals surface area contributed by atoms with Crippen LogP contribution in [0.1, 0.15) is 56.5 Å². The fourth-order valence-corrected chi connectivity index (χ4v) is 3.22. The third-order valence-electron chi connectivity index (χ3n) is 4.55. The number of hydrogen-bond donors (Lipinski definition) is 1. The number of hydrogen-bond acceptors (Lipinski definition) is 1. The van der Waals surface area contributed by atoms with Crippen LogP contribution in [0.2, 0.25) is 0 Å². The van der Waals surface area contributed by atoms with Crippen molar-refractivity contribution in [3.05, 3.63) is 23.0 Å². The van der Waals surface area contributed by atoms with Gasteiger partial charge in [0.15, 0.2) is 0 Å². The van der Waals surface area contributed by atoms with E-state index in [2.05, 4.69) is 43.6 Å². The summed E-state index contributed by atoms with van der Waals surface area (Å²) in [7, 11) is 0. The lowest BCUT2D eigenvalue weighted by Crippen LogP contribution is -2.23. The van der Waals surface area contributed by atoms with Gasteiger partial charge in [0.25, 0.3) is 0 Å². The lowest BCUT2D eigenvalue weighted by atomic mass is 10.0. The highest BCUT2D eigenvalue weighted by Gasteiger charge is 2.40. The monoisotopic (exact) mass is 248 g/mol. The van der Waals surface area contributed by atoms with Crippen molar-refractivity contribution in [3.63, 3.8) is 0 Å². The van der Waals surface area contributed by atoms with Gasteiger partial charge >= 0.3 is 0 Å². The Kier molecular flexibility index (Phi) is 4.16. The van der Waals surface area contributed by atoms with Gasteiger partial charge in [0.1, 0.15) is 0 Å². The topological polar surface area (TPSA) is 17.0 Å². The second-order valence-electron chi connectivity index (χ2n) is 5.99. The summed E-state index contributed by atoms with van der Waals surface area (Å²) in [6.45, 7) is 12.3. The van der Waals surface area contributed by atoms with Crippen molar-refractivity contribution in [1.29, 1.82) is 0 Å². The van der Waals surface area contributed by atoms with Crippen molar-refractivity contribution in [2.45, 2.75) is 66.5 Å². The van der Waals surface area contributed by atoms with Gasteiger partial charge in [0, 0.05) is 31.0 Å². The Hall–Kier alpha value is -0.760. The molecule has 1 heterocycles. The van der Waals surface area contributed by atoms with E-state index in [1.807, 2.05) is 0 Å². The summed E-state index contributed by atoms with van der Waals surface area (Å²) in [6.07, 6.45) is 5.59. The maximum absolute atomic E-state index is 3.68. The van der Waals surface area contributed by atoms with Crippen molar-refractivity contribution >= 4 is 0 Å². The second-order valence-corrected chi connectivity index (χ2v) is 5.99. The maximum atomic E-state index is 3.68. The van der Waals surface area contributed by atoms with E-state index in [1.165, 1.54) is 49.2 Å². The highest BCUT2D eigenvalue weighted by molar-refractivity contribution is 5.26. The minimum atomic E-state index is 0.658. The number of aromatic nitrogens is 1. The second kappa shape index (κ2) is 5.48. The fourth-order valence-electron chi connectivity index (χ4n) is 3.22. The predicted octanol–water partition coefficient (Wildman–Crippen LogP) is 3.79. The Labute approximate surface area is 112 Å². The van der Waals surface area contributed by atoms with Gasteiger partial charge in [-0.1, -0.05) is 13.3 Å². The quantitative estimate of drug-likeness (QED) is 0.776. The molecular formula is C16H28N2. The van der Waals surface area contributed by atoms with Gasteiger partial charge in [-0.15, -0.1) is 0 Å². The molecule has 1 N–H and O–H groups in total. The Morgan fingerprint density at radius 2 is 2.00 bits per heavy atom. The standard InChI is InChI=1S/C16H28N2/c1-5-7-16(8-9-16)12-17-11-15-10-13(3)18(6-2)14(15)4/h10,17H,5-9,11-12H2,1-4H3. The lowest BCUT2D eigenvalue weighted by molar-refractivity contribution is 0.420. The molecule has 102 valence electrons. The van der Waals surface area contributed by atoms with Crippen LogP contribution in [-0.4, -0.2) is 11.1 Å². The summed E-state index contributed by atoms with van der Waals surface area (Å²) in [5.41, 5.74) is 4.95. The highest BCUT2D eigenvalue weighted by Crippen LogP contribution is 2.48. The van der Waals surface area contributed by atoms with Gasteiger partial charge < -0.3 is 9.88 Å². The van der Waals surface area contributed by atoms with Crippen LogP contribution in [0.4, 0.5) is 0 Å². The number of nitrogens with zero attached hydrogens (tertiary/aromatic N) is 1. The van der Waals surface area contributed by atoms with Crippen molar-refractivity contribution in [1.82, 2.24) is 9.88 Å². The predicted molar refractivity (Wildman–Crippen MR) is 77.9 cm³/mol. The van der Waals surface area contributed by atoms with E-state index in [1.54, 1.807) is 0 Å². The summed E-state index contributed by atoms with van der Waals surface area (Å²) < 4.78 is 2.40. The molecule has 2 nitrogen and oxygen atoms in total. The molecule has 0 aliphatic heterocycles. The number of nitrogens with one attached hydrogen (secondary N) is 1. The van der Waals surface area contributed by atoms with Gasteiger partial charge in [0.05, 0.1) is 0 Å². The maximum Gasteiger partial charge on any atom is 0.0223 e. The lowest BCUT2D eigenvalue weighted by Gasteiger charge is -2.15. The zero-order chi connectivity index (χ0) is 13.2. The zero-order valence-electron chi connectivity index (χ0n) is 12.5. The first-order chi connectivity index (χ1) is 8.62. The van der Waals surface area contributed by atoms with Gasteiger partial charge in [-0.2, -0.15) is 0 Å². The molecule has 1 saturated carbocycles. The summed E-state index contributed by atoms with van der Waals surface area (Å²) in [4.78, 5) is 0. The highest BCUT2D eigenvalue weighted by atomic mass is 15.0. The first kappa shape index (κ1) is 13.7. The molecule has 0 saturated heterocycles. The number of aryl methyl sites for hydroxylation is 1. The molecule has 0 bridgehead atoms. The molecule has 2 rings (SSSR count). The molecule has 0 radical (unpaired) electrons. The number of rotatable bonds is 7. The molecule has 2 heteroatoms. The van der Waals surface area contributed by atoms with Crippen molar-refractivity contribution < 1.29 is 0 Å². The van der Waals surface area contributed by atoms with E-state index >= 15 is 0 Å². The fraction of sp³-hybridized carbons (Fsp3) is 0.750. The Balaban J connectivity index is 1.87. The van der Waals surface area contributed by atoms with Crippen LogP contribution in [0, 0.1) is 19.3 Å². The normalized spacial score (nSPS) is 17.1. The molecule has 0 aromatic carbocycles. The van der Waals surface area contributed by atoms with Crippen LogP contribution in [0.15, 0.2) is 6.07 Å². The molecule has 0 unspecified atom stereocenters. The molecule has 0 spiro atoms. The SMILES string of the molecule is CCCC1(CNCc2cc(C)n(CC)c2C)CC1. The minimum absolute atomic E-state index is 0.658. The van der Waals surface area contributed by atoms with E-state index in [4.69, 9.17) is 0 Å². The zero-order valence-corrected chi connectivity index (χ0v) is 12.5. The van der Waals surface area contributed by atoms with Crippen molar-refractivity contribution in [2.75, 3.05) is 6.54 Å². The van der Waals surface area contributed by atoms with Crippen LogP contribution < -0.4 is 5.32 Å². The molecule has 0 amide bonds.